The Morgan fingerprint density at radius 1 is 1.25 bits per heavy atom. The van der Waals surface area contributed by atoms with Crippen LogP contribution in [0.3, 0.4) is 0 Å². The van der Waals surface area contributed by atoms with Gasteiger partial charge < -0.3 is 15.5 Å². The van der Waals surface area contributed by atoms with Crippen molar-refractivity contribution in [3.05, 3.63) is 35.4 Å². The molecule has 0 aliphatic carbocycles. The molecule has 1 rings (SSSR count). The number of benzene rings is 1. The van der Waals surface area contributed by atoms with Crippen molar-refractivity contribution in [3.8, 4) is 0 Å². The third-order valence-corrected chi connectivity index (χ3v) is 3.26. The Labute approximate surface area is 120 Å². The minimum absolute atomic E-state index is 0.0542. The number of rotatable bonds is 8. The summed E-state index contributed by atoms with van der Waals surface area (Å²) in [6, 6.07) is 7.45. The molecule has 2 atom stereocenters. The van der Waals surface area contributed by atoms with Crippen LogP contribution in [0, 0.1) is 12.8 Å². The number of aliphatic hydroxyl groups is 1. The van der Waals surface area contributed by atoms with E-state index >= 15 is 0 Å². The first kappa shape index (κ1) is 16.7. The molecule has 112 valence electrons. The Hall–Kier alpha value is -1.39. The summed E-state index contributed by atoms with van der Waals surface area (Å²) in [6.45, 7) is 6.92. The summed E-state index contributed by atoms with van der Waals surface area (Å²) in [5, 5.41) is 22.5. The Morgan fingerprint density at radius 3 is 2.35 bits per heavy atom. The summed E-state index contributed by atoms with van der Waals surface area (Å²) in [7, 11) is 0. The largest absolute Gasteiger partial charge is 0.481 e. The monoisotopic (exact) mass is 279 g/mol. The summed E-state index contributed by atoms with van der Waals surface area (Å²) in [5.74, 6) is -0.384. The molecule has 0 saturated heterocycles. The van der Waals surface area contributed by atoms with E-state index in [9.17, 15) is 9.90 Å². The van der Waals surface area contributed by atoms with Gasteiger partial charge in [0.15, 0.2) is 0 Å². The lowest BCUT2D eigenvalue weighted by molar-refractivity contribution is -0.137. The van der Waals surface area contributed by atoms with Gasteiger partial charge in [-0.1, -0.05) is 43.7 Å². The molecule has 20 heavy (non-hydrogen) atoms. The highest BCUT2D eigenvalue weighted by molar-refractivity contribution is 5.66. The summed E-state index contributed by atoms with van der Waals surface area (Å²) in [4.78, 5) is 10.7. The van der Waals surface area contributed by atoms with Crippen LogP contribution in [0.1, 0.15) is 43.9 Å². The molecule has 0 aromatic heterocycles. The van der Waals surface area contributed by atoms with Gasteiger partial charge in [0.1, 0.15) is 0 Å². The highest BCUT2D eigenvalue weighted by Crippen LogP contribution is 2.20. The van der Waals surface area contributed by atoms with Crippen molar-refractivity contribution in [2.75, 3.05) is 6.54 Å². The summed E-state index contributed by atoms with van der Waals surface area (Å²) in [6.07, 6.45) is -0.218. The first-order chi connectivity index (χ1) is 9.40. The van der Waals surface area contributed by atoms with E-state index in [0.717, 1.165) is 17.7 Å². The minimum Gasteiger partial charge on any atom is -0.481 e. The van der Waals surface area contributed by atoms with E-state index in [1.807, 2.05) is 31.2 Å². The molecule has 0 bridgehead atoms. The van der Waals surface area contributed by atoms with Crippen molar-refractivity contribution in [2.24, 2.45) is 5.92 Å². The maximum Gasteiger partial charge on any atom is 0.303 e. The van der Waals surface area contributed by atoms with Crippen LogP contribution in [0.25, 0.3) is 0 Å². The highest BCUT2D eigenvalue weighted by atomic mass is 16.4. The van der Waals surface area contributed by atoms with Crippen LogP contribution in [-0.2, 0) is 4.79 Å². The zero-order valence-corrected chi connectivity index (χ0v) is 12.5. The zero-order chi connectivity index (χ0) is 15.1. The van der Waals surface area contributed by atoms with Gasteiger partial charge in [0.25, 0.3) is 0 Å². The SMILES string of the molecule is Cc1ccc(C(O)C(CCC(=O)O)NCC(C)C)cc1. The first-order valence-electron chi connectivity index (χ1n) is 7.10. The Balaban J connectivity index is 2.73. The average molecular weight is 279 g/mol. The smallest absolute Gasteiger partial charge is 0.303 e. The number of aryl methyl sites for hydroxylation is 1. The van der Waals surface area contributed by atoms with E-state index < -0.39 is 12.1 Å². The van der Waals surface area contributed by atoms with Crippen LogP contribution in [0.5, 0.6) is 0 Å². The number of nitrogens with one attached hydrogen (secondary N) is 1. The second-order valence-corrected chi connectivity index (χ2v) is 5.70. The molecule has 1 aromatic rings. The molecule has 0 heterocycles. The number of hydrogen-bond acceptors (Lipinski definition) is 3. The summed E-state index contributed by atoms with van der Waals surface area (Å²) in [5.41, 5.74) is 1.96. The standard InChI is InChI=1S/C16H25NO3/c1-11(2)10-17-14(8-9-15(18)19)16(20)13-6-4-12(3)5-7-13/h4-7,11,14,16-17,20H,8-10H2,1-3H3,(H,18,19). The molecule has 3 N–H and O–H groups in total. The van der Waals surface area contributed by atoms with Gasteiger partial charge in [0, 0.05) is 12.5 Å². The van der Waals surface area contributed by atoms with Crippen LogP contribution in [0.4, 0.5) is 0 Å². The van der Waals surface area contributed by atoms with E-state index in [1.165, 1.54) is 0 Å². The van der Waals surface area contributed by atoms with Crippen molar-refractivity contribution in [1.29, 1.82) is 0 Å². The van der Waals surface area contributed by atoms with E-state index in [0.29, 0.717) is 12.3 Å². The third-order valence-electron chi connectivity index (χ3n) is 3.26. The lowest BCUT2D eigenvalue weighted by Gasteiger charge is -2.25. The zero-order valence-electron chi connectivity index (χ0n) is 12.5. The molecule has 2 unspecified atom stereocenters. The summed E-state index contributed by atoms with van der Waals surface area (Å²) < 4.78 is 0. The molecule has 1 aromatic carbocycles. The van der Waals surface area contributed by atoms with E-state index in [2.05, 4.69) is 19.2 Å². The average Bonchev–Trinajstić information content (AvgIpc) is 2.38. The number of carbonyl (C=O) groups is 1. The number of carboxylic acids is 1. The molecule has 0 fully saturated rings. The quantitative estimate of drug-likeness (QED) is 0.684. The fourth-order valence-electron chi connectivity index (χ4n) is 2.03. The van der Waals surface area contributed by atoms with Crippen molar-refractivity contribution >= 4 is 5.97 Å². The predicted octanol–water partition coefficient (Wildman–Crippen LogP) is 2.51. The van der Waals surface area contributed by atoms with Crippen molar-refractivity contribution in [1.82, 2.24) is 5.32 Å². The second-order valence-electron chi connectivity index (χ2n) is 5.70. The third kappa shape index (κ3) is 5.72. The van der Waals surface area contributed by atoms with Crippen LogP contribution in [-0.4, -0.2) is 28.8 Å². The van der Waals surface area contributed by atoms with Gasteiger partial charge >= 0.3 is 5.97 Å². The van der Waals surface area contributed by atoms with Crippen LogP contribution in [0.15, 0.2) is 24.3 Å². The van der Waals surface area contributed by atoms with Crippen molar-refractivity contribution < 1.29 is 15.0 Å². The van der Waals surface area contributed by atoms with Crippen LogP contribution in [0.2, 0.25) is 0 Å². The second kappa shape index (κ2) is 8.02. The lowest BCUT2D eigenvalue weighted by Crippen LogP contribution is -2.37. The normalized spacial score (nSPS) is 14.2. The molecule has 0 radical (unpaired) electrons. The highest BCUT2D eigenvalue weighted by Gasteiger charge is 2.21. The van der Waals surface area contributed by atoms with Gasteiger partial charge in [-0.3, -0.25) is 4.79 Å². The van der Waals surface area contributed by atoms with Crippen molar-refractivity contribution in [2.45, 2.75) is 45.8 Å². The van der Waals surface area contributed by atoms with E-state index in [1.54, 1.807) is 0 Å². The number of aliphatic hydroxyl groups excluding tert-OH is 1. The molecule has 0 amide bonds. The van der Waals surface area contributed by atoms with Gasteiger partial charge in [-0.05, 0) is 31.4 Å². The van der Waals surface area contributed by atoms with Crippen molar-refractivity contribution in [3.63, 3.8) is 0 Å². The molecule has 4 heteroatoms. The molecule has 0 aliphatic heterocycles. The molecule has 0 aliphatic rings. The Morgan fingerprint density at radius 2 is 1.85 bits per heavy atom. The fraction of sp³-hybridized carbons (Fsp3) is 0.562. The number of hydrogen-bond donors (Lipinski definition) is 3. The predicted molar refractivity (Wildman–Crippen MR) is 79.6 cm³/mol. The molecular formula is C16H25NO3. The summed E-state index contributed by atoms with van der Waals surface area (Å²) >= 11 is 0. The maximum absolute atomic E-state index is 10.7. The van der Waals surface area contributed by atoms with Gasteiger partial charge in [-0.25, -0.2) is 0 Å². The molecule has 0 spiro atoms. The molecule has 4 nitrogen and oxygen atoms in total. The van der Waals surface area contributed by atoms with Gasteiger partial charge in [-0.2, -0.15) is 0 Å². The van der Waals surface area contributed by atoms with Crippen LogP contribution >= 0.6 is 0 Å². The topological polar surface area (TPSA) is 69.6 Å². The van der Waals surface area contributed by atoms with E-state index in [-0.39, 0.29) is 12.5 Å². The van der Waals surface area contributed by atoms with E-state index in [4.69, 9.17) is 5.11 Å². The molecule has 0 saturated carbocycles. The molecular weight excluding hydrogens is 254 g/mol. The lowest BCUT2D eigenvalue weighted by atomic mass is 9.97. The first-order valence-corrected chi connectivity index (χ1v) is 7.10. The van der Waals surface area contributed by atoms with Gasteiger partial charge in [0.2, 0.25) is 0 Å². The van der Waals surface area contributed by atoms with Gasteiger partial charge in [0.05, 0.1) is 6.10 Å². The number of carboxylic acid groups (broad SMARTS) is 1. The Kier molecular flexibility index (Phi) is 6.68. The fourth-order valence-corrected chi connectivity index (χ4v) is 2.03. The van der Waals surface area contributed by atoms with Crippen LogP contribution < -0.4 is 5.32 Å². The Bertz CT molecular complexity index is 414. The number of aliphatic carboxylic acids is 1. The minimum atomic E-state index is -0.836. The van der Waals surface area contributed by atoms with Gasteiger partial charge in [-0.15, -0.1) is 0 Å². The maximum atomic E-state index is 10.7.